The van der Waals surface area contributed by atoms with Crippen LogP contribution < -0.4 is 28.3 Å². The van der Waals surface area contributed by atoms with E-state index < -0.39 is 7.26 Å². The van der Waals surface area contributed by atoms with Crippen LogP contribution in [0.25, 0.3) is 22.2 Å². The van der Waals surface area contributed by atoms with Crippen LogP contribution in [0.15, 0.2) is 146 Å². The van der Waals surface area contributed by atoms with Gasteiger partial charge in [0, 0.05) is 10.9 Å². The number of para-hydroxylation sites is 1. The van der Waals surface area contributed by atoms with E-state index in [-0.39, 0.29) is 12.4 Å². The lowest BCUT2D eigenvalue weighted by Gasteiger charge is -2.28. The van der Waals surface area contributed by atoms with E-state index >= 15 is 0 Å². The summed E-state index contributed by atoms with van der Waals surface area (Å²) in [5.41, 5.74) is 5.79. The number of halogens is 1. The summed E-state index contributed by atoms with van der Waals surface area (Å²) < 4.78 is 0. The SMILES string of the molecule is Cc1cc2ccccc2nc1-c1ccc(C[P+](c2ccccc2)(c2ccccc2)c2ccccc2)cc1.[Cl-]. The zero-order chi connectivity index (χ0) is 25.1. The third kappa shape index (κ3) is 4.88. The van der Waals surface area contributed by atoms with Crippen molar-refractivity contribution in [2.45, 2.75) is 13.1 Å². The van der Waals surface area contributed by atoms with Crippen molar-refractivity contribution >= 4 is 34.1 Å². The van der Waals surface area contributed by atoms with Gasteiger partial charge in [0.1, 0.15) is 23.2 Å². The number of fused-ring (bicyclic) bond motifs is 1. The summed E-state index contributed by atoms with van der Waals surface area (Å²) in [4.78, 5) is 5.00. The molecule has 0 aliphatic carbocycles. The second kappa shape index (κ2) is 11.3. The highest BCUT2D eigenvalue weighted by Crippen LogP contribution is 2.58. The molecular weight excluding hydrogens is 501 g/mol. The van der Waals surface area contributed by atoms with Crippen LogP contribution in [0.2, 0.25) is 0 Å². The van der Waals surface area contributed by atoms with Crippen LogP contribution >= 0.6 is 7.26 Å². The van der Waals surface area contributed by atoms with Crippen molar-refractivity contribution in [3.05, 3.63) is 157 Å². The smallest absolute Gasteiger partial charge is 0.116 e. The normalized spacial score (nSPS) is 11.2. The second-order valence-electron chi connectivity index (χ2n) is 9.52. The molecule has 6 rings (SSSR count). The highest BCUT2D eigenvalue weighted by molar-refractivity contribution is 7.95. The molecule has 0 aliphatic rings. The minimum Gasteiger partial charge on any atom is -1.00 e. The minimum atomic E-state index is -1.92. The van der Waals surface area contributed by atoms with Gasteiger partial charge in [-0.05, 0) is 66.6 Å². The predicted molar refractivity (Wildman–Crippen MR) is 161 cm³/mol. The number of benzene rings is 5. The average Bonchev–Trinajstić information content (AvgIpc) is 2.97. The van der Waals surface area contributed by atoms with Crippen molar-refractivity contribution in [1.29, 1.82) is 0 Å². The van der Waals surface area contributed by atoms with E-state index in [4.69, 9.17) is 4.98 Å². The molecule has 0 unspecified atom stereocenters. The molecule has 0 bridgehead atoms. The van der Waals surface area contributed by atoms with Gasteiger partial charge < -0.3 is 12.4 Å². The lowest BCUT2D eigenvalue weighted by atomic mass is 10.0. The molecule has 0 N–H and O–H groups in total. The predicted octanol–water partition coefficient (Wildman–Crippen LogP) is 4.71. The standard InChI is InChI=1S/C35H29NP.ClH/c1-27-25-30-13-11-12-20-34(30)36-35(27)29-23-21-28(22-24-29)26-37(31-14-5-2-6-15-31,32-16-7-3-8-17-32)33-18-9-4-10-19-33;/h2-25H,26H2,1H3;1H/q+1;/p-1. The quantitative estimate of drug-likeness (QED) is 0.285. The Kier molecular flexibility index (Phi) is 7.70. The van der Waals surface area contributed by atoms with Crippen LogP contribution in [0.4, 0.5) is 0 Å². The maximum Gasteiger partial charge on any atom is 0.116 e. The minimum absolute atomic E-state index is 0. The summed E-state index contributed by atoms with van der Waals surface area (Å²) in [7, 11) is -1.92. The van der Waals surface area contributed by atoms with Crippen molar-refractivity contribution in [2.75, 3.05) is 0 Å². The Morgan fingerprint density at radius 1 is 0.553 bits per heavy atom. The topological polar surface area (TPSA) is 12.9 Å². The molecule has 5 aromatic carbocycles. The summed E-state index contributed by atoms with van der Waals surface area (Å²) in [6.07, 6.45) is 0.968. The summed E-state index contributed by atoms with van der Waals surface area (Å²) in [6, 6.07) is 52.9. The number of aromatic nitrogens is 1. The Balaban J connectivity index is 0.00000294. The van der Waals surface area contributed by atoms with E-state index in [9.17, 15) is 0 Å². The first-order chi connectivity index (χ1) is 18.2. The van der Waals surface area contributed by atoms with Gasteiger partial charge in [0.2, 0.25) is 0 Å². The van der Waals surface area contributed by atoms with Crippen molar-refractivity contribution in [3.63, 3.8) is 0 Å². The third-order valence-corrected chi connectivity index (χ3v) is 11.5. The molecule has 38 heavy (non-hydrogen) atoms. The fourth-order valence-corrected chi connectivity index (χ4v) is 9.57. The first kappa shape index (κ1) is 25.9. The van der Waals surface area contributed by atoms with Gasteiger partial charge in [0.15, 0.2) is 0 Å². The molecule has 0 saturated heterocycles. The Hall–Kier alpha value is -3.77. The summed E-state index contributed by atoms with van der Waals surface area (Å²) in [5, 5.41) is 5.40. The zero-order valence-electron chi connectivity index (χ0n) is 21.3. The number of rotatable bonds is 6. The number of aryl methyl sites for hydroxylation is 1. The fraction of sp³-hybridized carbons (Fsp3) is 0.0571. The molecule has 3 heteroatoms. The molecule has 0 atom stereocenters. The van der Waals surface area contributed by atoms with Crippen LogP contribution in [-0.4, -0.2) is 4.98 Å². The first-order valence-corrected chi connectivity index (χ1v) is 14.7. The largest absolute Gasteiger partial charge is 1.00 e. The highest BCUT2D eigenvalue weighted by Gasteiger charge is 2.45. The molecule has 186 valence electrons. The highest BCUT2D eigenvalue weighted by atomic mass is 35.5. The van der Waals surface area contributed by atoms with E-state index in [1.54, 1.807) is 0 Å². The average molecular weight is 530 g/mol. The van der Waals surface area contributed by atoms with Gasteiger partial charge in [-0.2, -0.15) is 0 Å². The van der Waals surface area contributed by atoms with Crippen LogP contribution in [0.3, 0.4) is 0 Å². The maximum absolute atomic E-state index is 5.00. The van der Waals surface area contributed by atoms with E-state index in [0.717, 1.165) is 22.9 Å². The Bertz CT molecular complexity index is 1540. The van der Waals surface area contributed by atoms with Gasteiger partial charge in [-0.3, -0.25) is 0 Å². The number of pyridine rings is 1. The molecule has 6 aromatic rings. The molecule has 1 aromatic heterocycles. The molecule has 0 fully saturated rings. The van der Waals surface area contributed by atoms with Gasteiger partial charge in [-0.1, -0.05) is 97.1 Å². The lowest BCUT2D eigenvalue weighted by molar-refractivity contribution is -0.00000722. The number of hydrogen-bond acceptors (Lipinski definition) is 1. The lowest BCUT2D eigenvalue weighted by Crippen LogP contribution is -3.00. The Labute approximate surface area is 232 Å². The van der Waals surface area contributed by atoms with Crippen molar-refractivity contribution in [2.24, 2.45) is 0 Å². The fourth-order valence-electron chi connectivity index (χ4n) is 5.32. The van der Waals surface area contributed by atoms with Crippen molar-refractivity contribution in [1.82, 2.24) is 4.98 Å². The van der Waals surface area contributed by atoms with E-state index in [1.807, 2.05) is 0 Å². The van der Waals surface area contributed by atoms with E-state index in [2.05, 4.69) is 153 Å². The second-order valence-corrected chi connectivity index (χ2v) is 13.0. The molecular formula is C35H29ClNP. The molecule has 0 saturated carbocycles. The van der Waals surface area contributed by atoms with Gasteiger partial charge >= 0.3 is 0 Å². The summed E-state index contributed by atoms with van der Waals surface area (Å²) in [5.74, 6) is 0. The van der Waals surface area contributed by atoms with Gasteiger partial charge in [0.05, 0.1) is 17.4 Å². The van der Waals surface area contributed by atoms with Crippen LogP contribution in [-0.2, 0) is 6.16 Å². The van der Waals surface area contributed by atoms with Gasteiger partial charge in [-0.15, -0.1) is 0 Å². The van der Waals surface area contributed by atoms with Crippen molar-refractivity contribution in [3.8, 4) is 11.3 Å². The van der Waals surface area contributed by atoms with Crippen LogP contribution in [0.1, 0.15) is 11.1 Å². The third-order valence-electron chi connectivity index (χ3n) is 7.15. The zero-order valence-corrected chi connectivity index (χ0v) is 23.0. The Morgan fingerprint density at radius 3 is 1.55 bits per heavy atom. The van der Waals surface area contributed by atoms with Crippen LogP contribution in [0.5, 0.6) is 0 Å². The van der Waals surface area contributed by atoms with Crippen LogP contribution in [0, 0.1) is 6.92 Å². The molecule has 0 amide bonds. The molecule has 1 nitrogen and oxygen atoms in total. The first-order valence-electron chi connectivity index (χ1n) is 12.7. The maximum atomic E-state index is 5.00. The number of hydrogen-bond donors (Lipinski definition) is 0. The molecule has 0 radical (unpaired) electrons. The molecule has 0 aliphatic heterocycles. The summed E-state index contributed by atoms with van der Waals surface area (Å²) in [6.45, 7) is 2.15. The molecule has 1 heterocycles. The molecule has 0 spiro atoms. The van der Waals surface area contributed by atoms with Gasteiger partial charge in [0.25, 0.3) is 0 Å². The van der Waals surface area contributed by atoms with E-state index in [0.29, 0.717) is 0 Å². The summed E-state index contributed by atoms with van der Waals surface area (Å²) >= 11 is 0. The van der Waals surface area contributed by atoms with Gasteiger partial charge in [-0.25, -0.2) is 4.98 Å². The number of nitrogens with zero attached hydrogens (tertiary/aromatic N) is 1. The van der Waals surface area contributed by atoms with E-state index in [1.165, 1.54) is 32.4 Å². The van der Waals surface area contributed by atoms with Crippen molar-refractivity contribution < 1.29 is 12.4 Å². The monoisotopic (exact) mass is 529 g/mol. The Morgan fingerprint density at radius 2 is 1.03 bits per heavy atom.